The van der Waals surface area contributed by atoms with Gasteiger partial charge in [-0.15, -0.1) is 12.6 Å². The standard InChI is InChI=1S/C6H7NO2S2/c7-11(8,9)6-3-1-2-5(10)4-6/h1-4,10H,(H2,7,8,9). The van der Waals surface area contributed by atoms with Gasteiger partial charge in [-0.05, 0) is 18.2 Å². The molecule has 0 atom stereocenters. The lowest BCUT2D eigenvalue weighted by Crippen LogP contribution is -2.11. The summed E-state index contributed by atoms with van der Waals surface area (Å²) in [6, 6.07) is 6.09. The van der Waals surface area contributed by atoms with E-state index in [2.05, 4.69) is 12.6 Å². The van der Waals surface area contributed by atoms with Gasteiger partial charge in [-0.2, -0.15) is 0 Å². The smallest absolute Gasteiger partial charge is 0.225 e. The van der Waals surface area contributed by atoms with Gasteiger partial charge in [0.25, 0.3) is 0 Å². The quantitative estimate of drug-likeness (QED) is 0.636. The highest BCUT2D eigenvalue weighted by atomic mass is 32.2. The Kier molecular flexibility index (Phi) is 2.22. The van der Waals surface area contributed by atoms with Crippen molar-refractivity contribution < 1.29 is 8.42 Å². The van der Waals surface area contributed by atoms with Crippen molar-refractivity contribution in [1.82, 2.24) is 0 Å². The Morgan fingerprint density at radius 2 is 2.00 bits per heavy atom. The molecular weight excluding hydrogens is 182 g/mol. The molecule has 0 aliphatic heterocycles. The van der Waals surface area contributed by atoms with Crippen molar-refractivity contribution in [3.05, 3.63) is 24.3 Å². The third-order valence-electron chi connectivity index (χ3n) is 1.15. The van der Waals surface area contributed by atoms with Crippen LogP contribution in [-0.2, 0) is 10.0 Å². The number of primary sulfonamides is 1. The number of nitrogens with two attached hydrogens (primary N) is 1. The molecule has 5 heteroatoms. The topological polar surface area (TPSA) is 60.2 Å². The molecule has 1 aromatic rings. The highest BCUT2D eigenvalue weighted by Gasteiger charge is 2.05. The molecule has 0 amide bonds. The minimum atomic E-state index is -3.57. The van der Waals surface area contributed by atoms with Gasteiger partial charge in [0.2, 0.25) is 10.0 Å². The molecule has 2 N–H and O–H groups in total. The molecule has 0 aromatic heterocycles. The zero-order chi connectivity index (χ0) is 8.48. The van der Waals surface area contributed by atoms with E-state index in [0.29, 0.717) is 4.90 Å². The van der Waals surface area contributed by atoms with Crippen LogP contribution in [0, 0.1) is 0 Å². The van der Waals surface area contributed by atoms with Crippen molar-refractivity contribution in [1.29, 1.82) is 0 Å². The van der Waals surface area contributed by atoms with Gasteiger partial charge in [0.15, 0.2) is 0 Å². The van der Waals surface area contributed by atoms with Crippen LogP contribution in [0.2, 0.25) is 0 Å². The predicted octanol–water partition coefficient (Wildman–Crippen LogP) is 0.623. The van der Waals surface area contributed by atoms with E-state index >= 15 is 0 Å². The Morgan fingerprint density at radius 1 is 1.36 bits per heavy atom. The van der Waals surface area contributed by atoms with Crippen LogP contribution < -0.4 is 5.14 Å². The van der Waals surface area contributed by atoms with Crippen molar-refractivity contribution in [3.63, 3.8) is 0 Å². The lowest BCUT2D eigenvalue weighted by molar-refractivity contribution is 0.597. The molecule has 0 spiro atoms. The van der Waals surface area contributed by atoms with E-state index in [1.165, 1.54) is 12.1 Å². The zero-order valence-electron chi connectivity index (χ0n) is 5.56. The second-order valence-electron chi connectivity index (χ2n) is 2.04. The SMILES string of the molecule is NS(=O)(=O)c1cccc(S)c1. The maximum absolute atomic E-state index is 10.7. The maximum Gasteiger partial charge on any atom is 0.238 e. The Hall–Kier alpha value is -0.520. The van der Waals surface area contributed by atoms with Crippen LogP contribution in [-0.4, -0.2) is 8.42 Å². The lowest BCUT2D eigenvalue weighted by atomic mass is 10.4. The number of rotatable bonds is 1. The van der Waals surface area contributed by atoms with Gasteiger partial charge >= 0.3 is 0 Å². The predicted molar refractivity (Wildman–Crippen MR) is 45.1 cm³/mol. The van der Waals surface area contributed by atoms with Gasteiger partial charge in [0.1, 0.15) is 0 Å². The van der Waals surface area contributed by atoms with E-state index in [4.69, 9.17) is 5.14 Å². The molecule has 0 bridgehead atoms. The van der Waals surface area contributed by atoms with Crippen LogP contribution in [0.4, 0.5) is 0 Å². The van der Waals surface area contributed by atoms with Gasteiger partial charge < -0.3 is 0 Å². The van der Waals surface area contributed by atoms with Crippen LogP contribution in [0.3, 0.4) is 0 Å². The molecular formula is C6H7NO2S2. The van der Waals surface area contributed by atoms with Crippen molar-refractivity contribution >= 4 is 22.7 Å². The Labute approximate surface area is 70.7 Å². The van der Waals surface area contributed by atoms with Gasteiger partial charge in [-0.1, -0.05) is 6.07 Å². The van der Waals surface area contributed by atoms with E-state index < -0.39 is 10.0 Å². The monoisotopic (exact) mass is 189 g/mol. The van der Waals surface area contributed by atoms with Crippen LogP contribution >= 0.6 is 12.6 Å². The Balaban J connectivity index is 3.28. The van der Waals surface area contributed by atoms with E-state index in [0.717, 1.165) is 0 Å². The van der Waals surface area contributed by atoms with Crippen molar-refractivity contribution in [2.45, 2.75) is 9.79 Å². The first-order valence-electron chi connectivity index (χ1n) is 2.82. The summed E-state index contributed by atoms with van der Waals surface area (Å²) < 4.78 is 21.5. The molecule has 0 radical (unpaired) electrons. The number of sulfonamides is 1. The van der Waals surface area contributed by atoms with E-state index in [1.807, 2.05) is 0 Å². The summed E-state index contributed by atoms with van der Waals surface area (Å²) in [6.07, 6.45) is 0. The average molecular weight is 189 g/mol. The zero-order valence-corrected chi connectivity index (χ0v) is 7.27. The van der Waals surface area contributed by atoms with Gasteiger partial charge in [0, 0.05) is 4.90 Å². The molecule has 0 saturated carbocycles. The second-order valence-corrected chi connectivity index (χ2v) is 4.12. The Morgan fingerprint density at radius 3 is 2.36 bits per heavy atom. The molecule has 0 aliphatic rings. The fraction of sp³-hybridized carbons (Fsp3) is 0. The van der Waals surface area contributed by atoms with Crippen LogP contribution in [0.1, 0.15) is 0 Å². The summed E-state index contributed by atoms with van der Waals surface area (Å²) >= 11 is 3.97. The Bertz CT molecular complexity index is 359. The van der Waals surface area contributed by atoms with E-state index in [1.54, 1.807) is 12.1 Å². The normalized spacial score (nSPS) is 11.5. The van der Waals surface area contributed by atoms with Crippen molar-refractivity contribution in [2.75, 3.05) is 0 Å². The molecule has 60 valence electrons. The van der Waals surface area contributed by atoms with Crippen LogP contribution in [0.25, 0.3) is 0 Å². The molecule has 0 saturated heterocycles. The number of hydrogen-bond donors (Lipinski definition) is 2. The second kappa shape index (κ2) is 2.84. The first kappa shape index (κ1) is 8.58. The molecule has 11 heavy (non-hydrogen) atoms. The van der Waals surface area contributed by atoms with Crippen LogP contribution in [0.5, 0.6) is 0 Å². The fourth-order valence-corrected chi connectivity index (χ4v) is 1.53. The summed E-state index contributed by atoms with van der Waals surface area (Å²) in [4.78, 5) is 0.668. The minimum Gasteiger partial charge on any atom is -0.225 e. The lowest BCUT2D eigenvalue weighted by Gasteiger charge is -1.96. The summed E-state index contributed by atoms with van der Waals surface area (Å²) in [5.41, 5.74) is 0. The van der Waals surface area contributed by atoms with E-state index in [9.17, 15) is 8.42 Å². The molecule has 3 nitrogen and oxygen atoms in total. The fourth-order valence-electron chi connectivity index (χ4n) is 0.660. The summed E-state index contributed by atoms with van der Waals surface area (Å²) in [5, 5.41) is 4.86. The third kappa shape index (κ3) is 2.21. The van der Waals surface area contributed by atoms with Gasteiger partial charge in [-0.25, -0.2) is 13.6 Å². The van der Waals surface area contributed by atoms with Gasteiger partial charge in [-0.3, -0.25) is 0 Å². The number of thiol groups is 1. The van der Waals surface area contributed by atoms with Gasteiger partial charge in [0.05, 0.1) is 4.90 Å². The molecule has 0 heterocycles. The maximum atomic E-state index is 10.7. The van der Waals surface area contributed by atoms with E-state index in [-0.39, 0.29) is 4.90 Å². The minimum absolute atomic E-state index is 0.0880. The average Bonchev–Trinajstić information content (AvgIpc) is 1.86. The first-order chi connectivity index (χ1) is 5.00. The van der Waals surface area contributed by atoms with Crippen LogP contribution in [0.15, 0.2) is 34.1 Å². The largest absolute Gasteiger partial charge is 0.238 e. The number of hydrogen-bond acceptors (Lipinski definition) is 3. The van der Waals surface area contributed by atoms with Crippen molar-refractivity contribution in [2.24, 2.45) is 5.14 Å². The molecule has 1 rings (SSSR count). The first-order valence-corrected chi connectivity index (χ1v) is 4.81. The summed E-state index contributed by atoms with van der Waals surface area (Å²) in [5.74, 6) is 0. The summed E-state index contributed by atoms with van der Waals surface area (Å²) in [7, 11) is -3.57. The number of benzene rings is 1. The highest BCUT2D eigenvalue weighted by Crippen LogP contribution is 2.11. The third-order valence-corrected chi connectivity index (χ3v) is 2.34. The van der Waals surface area contributed by atoms with Crippen molar-refractivity contribution in [3.8, 4) is 0 Å². The molecule has 0 fully saturated rings. The highest BCUT2D eigenvalue weighted by molar-refractivity contribution is 7.89. The summed E-state index contributed by atoms with van der Waals surface area (Å²) in [6.45, 7) is 0. The molecule has 0 unspecified atom stereocenters. The molecule has 0 aliphatic carbocycles. The molecule has 1 aromatic carbocycles.